The Balaban J connectivity index is 1.63. The van der Waals surface area contributed by atoms with E-state index in [4.69, 9.17) is 0 Å². The van der Waals surface area contributed by atoms with Crippen LogP contribution in [-0.4, -0.2) is 23.9 Å². The van der Waals surface area contributed by atoms with Crippen molar-refractivity contribution in [3.05, 3.63) is 55.8 Å². The normalized spacial score (nSPS) is 16.4. The van der Waals surface area contributed by atoms with Crippen molar-refractivity contribution in [1.82, 2.24) is 4.90 Å². The zero-order chi connectivity index (χ0) is 13.9. The maximum absolute atomic E-state index is 12.4. The minimum Gasteiger partial charge on any atom is -0.339 e. The lowest BCUT2D eigenvalue weighted by atomic mass is 9.89. The van der Waals surface area contributed by atoms with Crippen molar-refractivity contribution in [3.63, 3.8) is 0 Å². The van der Waals surface area contributed by atoms with Gasteiger partial charge in [-0.2, -0.15) is 0 Å². The maximum atomic E-state index is 12.4. The molecule has 4 heteroatoms. The monoisotopic (exact) mass is 397 g/mol. The summed E-state index contributed by atoms with van der Waals surface area (Å²) in [6.45, 7) is 1.73. The van der Waals surface area contributed by atoms with Crippen molar-refractivity contribution in [2.75, 3.05) is 13.1 Å². The lowest BCUT2D eigenvalue weighted by Gasteiger charge is -2.32. The van der Waals surface area contributed by atoms with Crippen LogP contribution in [0.4, 0.5) is 0 Å². The van der Waals surface area contributed by atoms with Crippen LogP contribution >= 0.6 is 33.9 Å². The number of hydrogen-bond acceptors (Lipinski definition) is 2. The van der Waals surface area contributed by atoms with Crippen LogP contribution in [0.15, 0.2) is 41.8 Å². The SMILES string of the molecule is O=C(c1csc(I)c1)N1CCC(c2ccccc2)CC1. The van der Waals surface area contributed by atoms with Crippen LogP contribution in [0, 0.1) is 2.88 Å². The molecular formula is C16H16INOS. The number of nitrogens with zero attached hydrogens (tertiary/aromatic N) is 1. The first kappa shape index (κ1) is 14.1. The molecule has 2 aromatic rings. The molecule has 1 saturated heterocycles. The quantitative estimate of drug-likeness (QED) is 0.690. The molecule has 0 bridgehead atoms. The zero-order valence-electron chi connectivity index (χ0n) is 11.1. The number of halogens is 1. The summed E-state index contributed by atoms with van der Waals surface area (Å²) in [6, 6.07) is 12.6. The summed E-state index contributed by atoms with van der Waals surface area (Å²) in [5.41, 5.74) is 2.25. The molecule has 0 atom stereocenters. The van der Waals surface area contributed by atoms with Crippen molar-refractivity contribution < 1.29 is 4.79 Å². The van der Waals surface area contributed by atoms with Crippen molar-refractivity contribution in [2.24, 2.45) is 0 Å². The largest absolute Gasteiger partial charge is 0.339 e. The molecule has 1 fully saturated rings. The highest BCUT2D eigenvalue weighted by atomic mass is 127. The summed E-state index contributed by atoms with van der Waals surface area (Å²) < 4.78 is 1.17. The molecule has 3 rings (SSSR count). The number of piperidine rings is 1. The van der Waals surface area contributed by atoms with Gasteiger partial charge in [-0.3, -0.25) is 4.79 Å². The summed E-state index contributed by atoms with van der Waals surface area (Å²) >= 11 is 3.90. The average molecular weight is 397 g/mol. The third kappa shape index (κ3) is 3.06. The van der Waals surface area contributed by atoms with Gasteiger partial charge >= 0.3 is 0 Å². The van der Waals surface area contributed by atoms with Crippen LogP contribution in [0.3, 0.4) is 0 Å². The van der Waals surface area contributed by atoms with Gasteiger partial charge in [-0.1, -0.05) is 30.3 Å². The van der Waals surface area contributed by atoms with E-state index < -0.39 is 0 Å². The van der Waals surface area contributed by atoms with Gasteiger partial charge in [0, 0.05) is 18.5 Å². The molecule has 0 radical (unpaired) electrons. The van der Waals surface area contributed by atoms with E-state index >= 15 is 0 Å². The first-order valence-corrected chi connectivity index (χ1v) is 8.78. The van der Waals surface area contributed by atoms with E-state index in [1.807, 2.05) is 16.3 Å². The molecule has 20 heavy (non-hydrogen) atoms. The second-order valence-electron chi connectivity index (χ2n) is 5.12. The summed E-state index contributed by atoms with van der Waals surface area (Å²) in [7, 11) is 0. The number of amides is 1. The fourth-order valence-corrected chi connectivity index (χ4v) is 4.07. The number of hydrogen-bond donors (Lipinski definition) is 0. The van der Waals surface area contributed by atoms with Gasteiger partial charge in [0.1, 0.15) is 0 Å². The third-order valence-electron chi connectivity index (χ3n) is 3.87. The van der Waals surface area contributed by atoms with Crippen LogP contribution < -0.4 is 0 Å². The van der Waals surface area contributed by atoms with Gasteiger partial charge in [-0.05, 0) is 53.0 Å². The van der Waals surface area contributed by atoms with Crippen molar-refractivity contribution in [2.45, 2.75) is 18.8 Å². The van der Waals surface area contributed by atoms with E-state index in [0.29, 0.717) is 5.92 Å². The highest BCUT2D eigenvalue weighted by Crippen LogP contribution is 2.29. The Bertz CT molecular complexity index is 588. The Kier molecular flexibility index (Phi) is 4.41. The lowest BCUT2D eigenvalue weighted by molar-refractivity contribution is 0.0713. The van der Waals surface area contributed by atoms with Crippen LogP contribution in [0.2, 0.25) is 0 Å². The molecular weight excluding hydrogens is 381 g/mol. The Labute approximate surface area is 136 Å². The second kappa shape index (κ2) is 6.26. The first-order chi connectivity index (χ1) is 9.74. The van der Waals surface area contributed by atoms with Gasteiger partial charge in [0.25, 0.3) is 5.91 Å². The molecule has 1 aromatic carbocycles. The van der Waals surface area contributed by atoms with Gasteiger partial charge in [0.05, 0.1) is 8.45 Å². The third-order valence-corrected chi connectivity index (χ3v) is 5.66. The summed E-state index contributed by atoms with van der Waals surface area (Å²) in [4.78, 5) is 14.4. The van der Waals surface area contributed by atoms with Crippen LogP contribution in [-0.2, 0) is 0 Å². The Morgan fingerprint density at radius 2 is 1.90 bits per heavy atom. The molecule has 1 amide bonds. The molecule has 2 nitrogen and oxygen atoms in total. The van der Waals surface area contributed by atoms with E-state index in [1.165, 1.54) is 8.45 Å². The Hall–Kier alpha value is -0.880. The van der Waals surface area contributed by atoms with E-state index in [-0.39, 0.29) is 5.91 Å². The number of carbonyl (C=O) groups excluding carboxylic acids is 1. The highest BCUT2D eigenvalue weighted by Gasteiger charge is 2.24. The van der Waals surface area contributed by atoms with Gasteiger partial charge in [0.15, 0.2) is 0 Å². The molecule has 0 unspecified atom stereocenters. The van der Waals surface area contributed by atoms with Crippen LogP contribution in [0.25, 0.3) is 0 Å². The number of likely N-dealkylation sites (tertiary alicyclic amines) is 1. The first-order valence-electron chi connectivity index (χ1n) is 6.82. The molecule has 1 aromatic heterocycles. The predicted octanol–water partition coefficient (Wildman–Crippen LogP) is 4.37. The Morgan fingerprint density at radius 3 is 2.50 bits per heavy atom. The number of thiophene rings is 1. The smallest absolute Gasteiger partial charge is 0.254 e. The van der Waals surface area contributed by atoms with Gasteiger partial charge in [-0.15, -0.1) is 11.3 Å². The topological polar surface area (TPSA) is 20.3 Å². The van der Waals surface area contributed by atoms with Crippen molar-refractivity contribution in [3.8, 4) is 0 Å². The standard InChI is InChI=1S/C16H16INOS/c17-15-10-14(11-20-15)16(19)18-8-6-13(7-9-18)12-4-2-1-3-5-12/h1-5,10-11,13H,6-9H2. The summed E-state index contributed by atoms with van der Waals surface area (Å²) in [5, 5.41) is 1.97. The highest BCUT2D eigenvalue weighted by molar-refractivity contribution is 14.1. The molecule has 104 valence electrons. The Morgan fingerprint density at radius 1 is 1.20 bits per heavy atom. The molecule has 0 spiro atoms. The number of benzene rings is 1. The van der Waals surface area contributed by atoms with Gasteiger partial charge in [-0.25, -0.2) is 0 Å². The number of rotatable bonds is 2. The predicted molar refractivity (Wildman–Crippen MR) is 91.4 cm³/mol. The minimum atomic E-state index is 0.190. The molecule has 1 aliphatic heterocycles. The van der Waals surface area contributed by atoms with Gasteiger partial charge in [0.2, 0.25) is 0 Å². The molecule has 0 N–H and O–H groups in total. The lowest BCUT2D eigenvalue weighted by Crippen LogP contribution is -2.37. The van der Waals surface area contributed by atoms with E-state index in [0.717, 1.165) is 31.5 Å². The van der Waals surface area contributed by atoms with Crippen LogP contribution in [0.5, 0.6) is 0 Å². The fourth-order valence-electron chi connectivity index (χ4n) is 2.75. The maximum Gasteiger partial charge on any atom is 0.254 e. The molecule has 2 heterocycles. The van der Waals surface area contributed by atoms with E-state index in [1.54, 1.807) is 11.3 Å². The summed E-state index contributed by atoms with van der Waals surface area (Å²) in [6.07, 6.45) is 2.13. The van der Waals surface area contributed by atoms with Crippen LogP contribution in [0.1, 0.15) is 34.7 Å². The molecule has 0 saturated carbocycles. The zero-order valence-corrected chi connectivity index (χ0v) is 14.1. The molecule has 1 aliphatic rings. The number of carbonyl (C=O) groups is 1. The minimum absolute atomic E-state index is 0.190. The van der Waals surface area contributed by atoms with Gasteiger partial charge < -0.3 is 4.90 Å². The molecule has 0 aliphatic carbocycles. The van der Waals surface area contributed by atoms with E-state index in [2.05, 4.69) is 52.9 Å². The fraction of sp³-hybridized carbons (Fsp3) is 0.312. The second-order valence-corrected chi connectivity index (χ2v) is 7.92. The van der Waals surface area contributed by atoms with E-state index in [9.17, 15) is 4.79 Å². The average Bonchev–Trinajstić information content (AvgIpc) is 2.94. The van der Waals surface area contributed by atoms with Crippen molar-refractivity contribution >= 4 is 39.8 Å². The summed E-state index contributed by atoms with van der Waals surface area (Å²) in [5.74, 6) is 0.790. The van der Waals surface area contributed by atoms with Crippen molar-refractivity contribution in [1.29, 1.82) is 0 Å².